The predicted molar refractivity (Wildman–Crippen MR) is 98.6 cm³/mol. The van der Waals surface area contributed by atoms with E-state index in [9.17, 15) is 18.0 Å². The van der Waals surface area contributed by atoms with Crippen LogP contribution in [-0.2, 0) is 4.79 Å². The largest absolute Gasteiger partial charge is 0.416 e. The van der Waals surface area contributed by atoms with E-state index in [0.717, 1.165) is 62.9 Å². The molecule has 0 aromatic carbocycles. The first-order valence-corrected chi connectivity index (χ1v) is 10.6. The Morgan fingerprint density at radius 1 is 1.19 bits per heavy atom. The Labute approximate surface area is 157 Å². The molecule has 2 saturated heterocycles. The summed E-state index contributed by atoms with van der Waals surface area (Å²) in [7, 11) is 0. The molecule has 0 bridgehead atoms. The fourth-order valence-corrected chi connectivity index (χ4v) is 5.07. The Kier molecular flexibility index (Phi) is 6.72. The Hall–Kier alpha value is -0.950. The molecule has 7 heteroatoms. The number of amides is 1. The average Bonchev–Trinajstić information content (AvgIpc) is 3.07. The number of likely N-dealkylation sites (tertiary alicyclic amines) is 1. The summed E-state index contributed by atoms with van der Waals surface area (Å²) in [6.45, 7) is 1.71. The minimum atomic E-state index is -4.26. The van der Waals surface area contributed by atoms with E-state index in [0.29, 0.717) is 12.3 Å². The molecule has 2 heterocycles. The van der Waals surface area contributed by atoms with Gasteiger partial charge in [0, 0.05) is 36.3 Å². The van der Waals surface area contributed by atoms with Crippen LogP contribution in [-0.4, -0.2) is 42.0 Å². The standard InChI is InChI=1S/C19H27F3N2OS/c20-19(21,22)15-11-14(18-16(12-15)26-13-23-18)7-3-1-2-5-9-24-10-6-4-8-17(24)25/h11-12,14,18,23H,1-10,13H2. The number of hydrogen-bond acceptors (Lipinski definition) is 3. The molecule has 0 aromatic heterocycles. The molecule has 2 fully saturated rings. The monoisotopic (exact) mass is 388 g/mol. The van der Waals surface area contributed by atoms with Gasteiger partial charge in [0.05, 0.1) is 5.57 Å². The van der Waals surface area contributed by atoms with Gasteiger partial charge in [0.25, 0.3) is 0 Å². The van der Waals surface area contributed by atoms with E-state index in [4.69, 9.17) is 0 Å². The van der Waals surface area contributed by atoms with Gasteiger partial charge >= 0.3 is 6.18 Å². The van der Waals surface area contributed by atoms with Crippen molar-refractivity contribution in [3.8, 4) is 0 Å². The van der Waals surface area contributed by atoms with Crippen LogP contribution in [0.2, 0.25) is 0 Å². The summed E-state index contributed by atoms with van der Waals surface area (Å²) >= 11 is 1.48. The first kappa shape index (κ1) is 19.8. The van der Waals surface area contributed by atoms with E-state index in [1.54, 1.807) is 0 Å². The van der Waals surface area contributed by atoms with Crippen molar-refractivity contribution in [3.63, 3.8) is 0 Å². The summed E-state index contributed by atoms with van der Waals surface area (Å²) in [5.74, 6) is 0.883. The van der Waals surface area contributed by atoms with Crippen molar-refractivity contribution in [3.05, 3.63) is 22.6 Å². The number of carbonyl (C=O) groups is 1. The molecule has 146 valence electrons. The van der Waals surface area contributed by atoms with Gasteiger partial charge in [-0.3, -0.25) is 10.1 Å². The highest BCUT2D eigenvalue weighted by Crippen LogP contribution is 2.41. The zero-order valence-corrected chi connectivity index (χ0v) is 15.8. The van der Waals surface area contributed by atoms with Crippen molar-refractivity contribution in [2.75, 3.05) is 19.0 Å². The van der Waals surface area contributed by atoms with Gasteiger partial charge in [-0.05, 0) is 37.7 Å². The Bertz CT molecular complexity index is 574. The molecular weight excluding hydrogens is 361 g/mol. The molecule has 2 unspecified atom stereocenters. The number of unbranched alkanes of at least 4 members (excludes halogenated alkanes) is 3. The number of alkyl halides is 3. The third-order valence-corrected chi connectivity index (χ3v) is 6.45. The number of piperidine rings is 1. The summed E-state index contributed by atoms with van der Waals surface area (Å²) in [6.07, 6.45) is 5.97. The Balaban J connectivity index is 1.40. The zero-order valence-electron chi connectivity index (χ0n) is 15.0. The predicted octanol–water partition coefficient (Wildman–Crippen LogP) is 4.61. The van der Waals surface area contributed by atoms with E-state index >= 15 is 0 Å². The van der Waals surface area contributed by atoms with E-state index in [1.807, 2.05) is 4.90 Å². The van der Waals surface area contributed by atoms with Crippen molar-refractivity contribution in [2.45, 2.75) is 63.6 Å². The summed E-state index contributed by atoms with van der Waals surface area (Å²) in [6, 6.07) is 0.0528. The summed E-state index contributed by atoms with van der Waals surface area (Å²) in [5, 5.41) is 3.32. The number of carbonyl (C=O) groups excluding carboxylic acids is 1. The van der Waals surface area contributed by atoms with Crippen LogP contribution >= 0.6 is 11.8 Å². The number of nitrogens with one attached hydrogen (secondary N) is 1. The maximum absolute atomic E-state index is 13.1. The van der Waals surface area contributed by atoms with Crippen LogP contribution in [0.3, 0.4) is 0 Å². The van der Waals surface area contributed by atoms with Gasteiger partial charge in [-0.1, -0.05) is 25.3 Å². The smallest absolute Gasteiger partial charge is 0.343 e. The van der Waals surface area contributed by atoms with Gasteiger partial charge in [0.15, 0.2) is 0 Å². The lowest BCUT2D eigenvalue weighted by Crippen LogP contribution is -2.35. The number of rotatable bonds is 7. The van der Waals surface area contributed by atoms with Crippen molar-refractivity contribution in [1.29, 1.82) is 0 Å². The molecule has 1 N–H and O–H groups in total. The number of thioether (sulfide) groups is 1. The van der Waals surface area contributed by atoms with Crippen molar-refractivity contribution in [1.82, 2.24) is 10.2 Å². The van der Waals surface area contributed by atoms with Gasteiger partial charge in [0.2, 0.25) is 5.91 Å². The summed E-state index contributed by atoms with van der Waals surface area (Å²) in [5.41, 5.74) is -0.492. The molecule has 0 aromatic rings. The van der Waals surface area contributed by atoms with Crippen molar-refractivity contribution in [2.24, 2.45) is 5.92 Å². The minimum absolute atomic E-state index is 0.0528. The van der Waals surface area contributed by atoms with Crippen LogP contribution in [0.1, 0.15) is 51.4 Å². The molecule has 0 spiro atoms. The molecule has 3 nitrogen and oxygen atoms in total. The molecule has 0 radical (unpaired) electrons. The second-order valence-electron chi connectivity index (χ2n) is 7.34. The molecule has 2 atom stereocenters. The van der Waals surface area contributed by atoms with Gasteiger partial charge in [-0.15, -0.1) is 11.8 Å². The topological polar surface area (TPSA) is 32.3 Å². The second-order valence-corrected chi connectivity index (χ2v) is 8.39. The van der Waals surface area contributed by atoms with Crippen LogP contribution in [0.15, 0.2) is 22.6 Å². The van der Waals surface area contributed by atoms with Crippen LogP contribution in [0.5, 0.6) is 0 Å². The van der Waals surface area contributed by atoms with Gasteiger partial charge in [-0.25, -0.2) is 0 Å². The molecule has 3 rings (SSSR count). The third kappa shape index (κ3) is 5.06. The SMILES string of the molecule is O=C1CCCCN1CCCCCCC1C=C(C(F)(F)F)C=C2SCNC21. The molecule has 1 aliphatic carbocycles. The average molecular weight is 388 g/mol. The van der Waals surface area contributed by atoms with Crippen molar-refractivity contribution >= 4 is 17.7 Å². The van der Waals surface area contributed by atoms with E-state index in [-0.39, 0.29) is 17.9 Å². The van der Waals surface area contributed by atoms with Gasteiger partial charge in [0.1, 0.15) is 0 Å². The maximum Gasteiger partial charge on any atom is 0.416 e. The quantitative estimate of drug-likeness (QED) is 0.646. The molecular formula is C19H27F3N2OS. The van der Waals surface area contributed by atoms with E-state index in [1.165, 1.54) is 23.9 Å². The highest BCUT2D eigenvalue weighted by molar-refractivity contribution is 8.03. The fraction of sp³-hybridized carbons (Fsp3) is 0.737. The van der Waals surface area contributed by atoms with Crippen molar-refractivity contribution < 1.29 is 18.0 Å². The summed E-state index contributed by atoms with van der Waals surface area (Å²) in [4.78, 5) is 14.5. The molecule has 26 heavy (non-hydrogen) atoms. The zero-order chi connectivity index (χ0) is 18.6. The normalized spacial score (nSPS) is 26.6. The first-order valence-electron chi connectivity index (χ1n) is 9.60. The maximum atomic E-state index is 13.1. The molecule has 2 aliphatic heterocycles. The summed E-state index contributed by atoms with van der Waals surface area (Å²) < 4.78 is 39.3. The second kappa shape index (κ2) is 8.83. The Morgan fingerprint density at radius 3 is 2.77 bits per heavy atom. The fourth-order valence-electron chi connectivity index (χ4n) is 3.99. The van der Waals surface area contributed by atoms with Crippen LogP contribution in [0.25, 0.3) is 0 Å². The molecule has 3 aliphatic rings. The lowest BCUT2D eigenvalue weighted by molar-refractivity contribution is -0.133. The van der Waals surface area contributed by atoms with E-state index < -0.39 is 11.7 Å². The number of hydrogen-bond donors (Lipinski definition) is 1. The molecule has 0 saturated carbocycles. The van der Waals surface area contributed by atoms with Gasteiger partial charge < -0.3 is 4.90 Å². The minimum Gasteiger partial charge on any atom is -0.343 e. The van der Waals surface area contributed by atoms with Crippen LogP contribution in [0, 0.1) is 5.92 Å². The van der Waals surface area contributed by atoms with E-state index in [2.05, 4.69) is 5.32 Å². The van der Waals surface area contributed by atoms with Crippen LogP contribution in [0.4, 0.5) is 13.2 Å². The van der Waals surface area contributed by atoms with Gasteiger partial charge in [-0.2, -0.15) is 13.2 Å². The highest BCUT2D eigenvalue weighted by Gasteiger charge is 2.39. The lowest BCUT2D eigenvalue weighted by atomic mass is 9.86. The lowest BCUT2D eigenvalue weighted by Gasteiger charge is -2.27. The Morgan fingerprint density at radius 2 is 2.00 bits per heavy atom. The highest BCUT2D eigenvalue weighted by atomic mass is 32.2. The number of fused-ring (bicyclic) bond motifs is 1. The number of allylic oxidation sites excluding steroid dienone is 2. The first-order chi connectivity index (χ1) is 12.4. The number of nitrogens with zero attached hydrogens (tertiary/aromatic N) is 1. The van der Waals surface area contributed by atoms with Crippen LogP contribution < -0.4 is 5.32 Å². The third-order valence-electron chi connectivity index (χ3n) is 5.43. The number of halogens is 3. The molecule has 1 amide bonds.